The van der Waals surface area contributed by atoms with Crippen molar-refractivity contribution in [3.63, 3.8) is 0 Å². The van der Waals surface area contributed by atoms with Gasteiger partial charge in [0.1, 0.15) is 17.5 Å². The van der Waals surface area contributed by atoms with Crippen molar-refractivity contribution in [2.75, 3.05) is 30.5 Å². The molecule has 224 valence electrons. The number of fused-ring (bicyclic) bond motifs is 2. The van der Waals surface area contributed by atoms with Gasteiger partial charge >= 0.3 is 6.09 Å². The Morgan fingerprint density at radius 2 is 1.85 bits per heavy atom. The van der Waals surface area contributed by atoms with Crippen LogP contribution in [0.4, 0.5) is 22.4 Å². The molecule has 3 fully saturated rings. The van der Waals surface area contributed by atoms with Crippen LogP contribution >= 0.6 is 0 Å². The first kappa shape index (κ1) is 29.1. The van der Waals surface area contributed by atoms with Gasteiger partial charge in [-0.25, -0.2) is 4.79 Å². The normalized spacial score (nSPS) is 24.2. The molecule has 2 aromatic rings. The van der Waals surface area contributed by atoms with E-state index in [1.807, 2.05) is 34.7 Å². The number of carbonyl (C=O) groups is 2. The molecule has 2 aromatic heterocycles. The third-order valence-electron chi connectivity index (χ3n) is 7.98. The zero-order valence-electron chi connectivity index (χ0n) is 25.1. The van der Waals surface area contributed by atoms with Crippen LogP contribution in [0.25, 0.3) is 0 Å². The van der Waals surface area contributed by atoms with Gasteiger partial charge in [-0.15, -0.1) is 5.10 Å². The van der Waals surface area contributed by atoms with E-state index in [2.05, 4.69) is 20.2 Å². The lowest BCUT2D eigenvalue weighted by molar-refractivity contribution is -0.140. The van der Waals surface area contributed by atoms with Crippen LogP contribution < -0.4 is 15.0 Å². The van der Waals surface area contributed by atoms with Crippen molar-refractivity contribution in [2.45, 2.75) is 109 Å². The highest BCUT2D eigenvalue weighted by Gasteiger charge is 2.42. The number of aromatic nitrogens is 4. The van der Waals surface area contributed by atoms with E-state index < -0.39 is 11.7 Å². The molecule has 0 saturated carbocycles. The number of hydrogen-bond acceptors (Lipinski definition) is 10. The van der Waals surface area contributed by atoms with E-state index in [1.54, 1.807) is 19.1 Å². The van der Waals surface area contributed by atoms with Gasteiger partial charge in [-0.3, -0.25) is 4.79 Å². The number of nitrogens with zero attached hydrogens (tertiary/aromatic N) is 6. The SMILES string of the molecule is CCC(=O)N1[C@@H]2CCC[C@H]1CC(N(C)c1nc(Nc3cc(C)n(C(=O)OC(C)(C)C)n3)cc(OC3CCOC3)n1)C2. The average molecular weight is 570 g/mol. The maximum Gasteiger partial charge on any atom is 0.435 e. The van der Waals surface area contributed by atoms with E-state index in [9.17, 15) is 9.59 Å². The summed E-state index contributed by atoms with van der Waals surface area (Å²) < 4.78 is 18.4. The quantitative estimate of drug-likeness (QED) is 0.512. The summed E-state index contributed by atoms with van der Waals surface area (Å²) in [5.74, 6) is 2.19. The van der Waals surface area contributed by atoms with Crippen LogP contribution in [0, 0.1) is 6.92 Å². The number of hydrogen-bond donors (Lipinski definition) is 1. The van der Waals surface area contributed by atoms with Gasteiger partial charge in [0.25, 0.3) is 0 Å². The lowest BCUT2D eigenvalue weighted by Gasteiger charge is -2.50. The van der Waals surface area contributed by atoms with Gasteiger partial charge in [0.2, 0.25) is 17.7 Å². The molecule has 0 radical (unpaired) electrons. The third kappa shape index (κ3) is 6.74. The molecule has 1 N–H and O–H groups in total. The average Bonchev–Trinajstić information content (AvgIpc) is 3.55. The fourth-order valence-electron chi connectivity index (χ4n) is 6.05. The number of nitrogens with one attached hydrogen (secondary N) is 1. The van der Waals surface area contributed by atoms with E-state index in [1.165, 1.54) is 4.68 Å². The molecule has 12 nitrogen and oxygen atoms in total. The number of ether oxygens (including phenoxy) is 3. The Morgan fingerprint density at radius 1 is 1.12 bits per heavy atom. The molecule has 2 unspecified atom stereocenters. The van der Waals surface area contributed by atoms with Gasteiger partial charge < -0.3 is 29.3 Å². The Kier molecular flexibility index (Phi) is 8.40. The van der Waals surface area contributed by atoms with E-state index in [4.69, 9.17) is 24.2 Å². The van der Waals surface area contributed by atoms with E-state index in [0.29, 0.717) is 48.8 Å². The standard InChI is InChI=1S/C29H43N7O5/c1-7-26(37)35-19-9-8-10-20(35)15-21(14-19)34(6)27-31-23(16-25(32-27)40-22-11-12-39-17-22)30-24-13-18(2)36(33-24)28(38)41-29(3,4)5/h13,16,19-22H,7-12,14-15,17H2,1-6H3,(H,30,31,32,33)/t19-,20+,21?,22?. The molecular weight excluding hydrogens is 526 g/mol. The first-order valence-corrected chi connectivity index (χ1v) is 14.7. The van der Waals surface area contributed by atoms with Crippen LogP contribution in [0.15, 0.2) is 12.1 Å². The molecule has 5 heterocycles. The van der Waals surface area contributed by atoms with Crippen LogP contribution in [-0.2, 0) is 14.3 Å². The second-order valence-electron chi connectivity index (χ2n) is 12.3. The van der Waals surface area contributed by atoms with Crippen LogP contribution in [0.2, 0.25) is 0 Å². The van der Waals surface area contributed by atoms with Crippen molar-refractivity contribution in [3.05, 3.63) is 17.8 Å². The molecule has 3 aliphatic heterocycles. The van der Waals surface area contributed by atoms with Crippen molar-refractivity contribution in [3.8, 4) is 5.88 Å². The summed E-state index contributed by atoms with van der Waals surface area (Å²) in [5, 5.41) is 7.65. The zero-order valence-corrected chi connectivity index (χ0v) is 25.1. The molecule has 12 heteroatoms. The van der Waals surface area contributed by atoms with Gasteiger partial charge in [0.05, 0.1) is 13.2 Å². The summed E-state index contributed by atoms with van der Waals surface area (Å²) in [5.41, 5.74) is -0.00297. The fraction of sp³-hybridized carbons (Fsp3) is 0.690. The first-order chi connectivity index (χ1) is 19.5. The maximum absolute atomic E-state index is 12.7. The molecule has 2 bridgehead atoms. The molecule has 1 amide bonds. The van der Waals surface area contributed by atoms with Gasteiger partial charge in [0, 0.05) is 55.8 Å². The summed E-state index contributed by atoms with van der Waals surface area (Å²) in [6.45, 7) is 10.4. The lowest BCUT2D eigenvalue weighted by atomic mass is 9.81. The second-order valence-corrected chi connectivity index (χ2v) is 12.3. The minimum Gasteiger partial charge on any atom is -0.472 e. The fourth-order valence-corrected chi connectivity index (χ4v) is 6.05. The summed E-state index contributed by atoms with van der Waals surface area (Å²) >= 11 is 0. The lowest BCUT2D eigenvalue weighted by Crippen LogP contribution is -2.58. The minimum atomic E-state index is -0.635. The third-order valence-corrected chi connectivity index (χ3v) is 7.98. The van der Waals surface area contributed by atoms with Crippen molar-refractivity contribution in [1.29, 1.82) is 0 Å². The Labute approximate surface area is 241 Å². The molecule has 0 spiro atoms. The highest BCUT2D eigenvalue weighted by atomic mass is 16.6. The molecule has 3 saturated heterocycles. The molecule has 41 heavy (non-hydrogen) atoms. The van der Waals surface area contributed by atoms with Gasteiger partial charge in [0.15, 0.2) is 5.82 Å². The van der Waals surface area contributed by atoms with Crippen LogP contribution in [-0.4, -0.2) is 86.7 Å². The van der Waals surface area contributed by atoms with E-state index >= 15 is 0 Å². The molecular formula is C29H43N7O5. The number of amides is 1. The van der Waals surface area contributed by atoms with Crippen molar-refractivity contribution >= 4 is 29.6 Å². The van der Waals surface area contributed by atoms with Crippen LogP contribution in [0.3, 0.4) is 0 Å². The van der Waals surface area contributed by atoms with Crippen LogP contribution in [0.1, 0.15) is 78.3 Å². The topological polar surface area (TPSA) is 124 Å². The van der Waals surface area contributed by atoms with Crippen molar-refractivity contribution in [2.24, 2.45) is 0 Å². The monoisotopic (exact) mass is 569 g/mol. The Balaban J connectivity index is 1.39. The molecule has 4 atom stereocenters. The summed E-state index contributed by atoms with van der Waals surface area (Å²) in [4.78, 5) is 39.2. The molecule has 5 rings (SSSR count). The number of carbonyl (C=O) groups excluding carboxylic acids is 2. The number of aryl methyl sites for hydroxylation is 1. The molecule has 3 aliphatic rings. The summed E-state index contributed by atoms with van der Waals surface area (Å²) in [6, 6.07) is 4.19. The molecule has 0 aliphatic carbocycles. The number of rotatable bonds is 7. The predicted octanol–water partition coefficient (Wildman–Crippen LogP) is 4.43. The largest absolute Gasteiger partial charge is 0.472 e. The van der Waals surface area contributed by atoms with Gasteiger partial charge in [-0.2, -0.15) is 14.6 Å². The van der Waals surface area contributed by atoms with E-state index in [-0.39, 0.29) is 30.1 Å². The highest BCUT2D eigenvalue weighted by molar-refractivity contribution is 5.77. The Morgan fingerprint density at radius 3 is 2.49 bits per heavy atom. The van der Waals surface area contributed by atoms with Gasteiger partial charge in [-0.05, 0) is 59.8 Å². The molecule has 0 aromatic carbocycles. The number of anilines is 3. The smallest absolute Gasteiger partial charge is 0.435 e. The highest BCUT2D eigenvalue weighted by Crippen LogP contribution is 2.37. The number of piperidine rings is 2. The summed E-state index contributed by atoms with van der Waals surface area (Å²) in [6.07, 6.45) is 5.70. The van der Waals surface area contributed by atoms with Gasteiger partial charge in [-0.1, -0.05) is 6.92 Å². The Bertz CT molecular complexity index is 1240. The second kappa shape index (κ2) is 11.8. The zero-order chi connectivity index (χ0) is 29.3. The van der Waals surface area contributed by atoms with Crippen molar-refractivity contribution in [1.82, 2.24) is 24.6 Å². The first-order valence-electron chi connectivity index (χ1n) is 14.7. The van der Waals surface area contributed by atoms with Crippen LogP contribution in [0.5, 0.6) is 5.88 Å². The summed E-state index contributed by atoms with van der Waals surface area (Å²) in [7, 11) is 2.01. The van der Waals surface area contributed by atoms with Crippen molar-refractivity contribution < 1.29 is 23.8 Å². The predicted molar refractivity (Wildman–Crippen MR) is 154 cm³/mol. The minimum absolute atomic E-state index is 0.0767. The maximum atomic E-state index is 12.7. The van der Waals surface area contributed by atoms with E-state index in [0.717, 1.165) is 38.5 Å². The Hall–Kier alpha value is -3.41.